The van der Waals surface area contributed by atoms with Gasteiger partial charge in [-0.1, -0.05) is 117 Å². The van der Waals surface area contributed by atoms with E-state index in [1.165, 1.54) is 89.9 Å². The molecule has 2 N–H and O–H groups in total. The number of rotatable bonds is 23. The molecule has 5 nitrogen and oxygen atoms in total. The molecule has 1 saturated heterocycles. The van der Waals surface area contributed by atoms with Gasteiger partial charge in [0.1, 0.15) is 0 Å². The van der Waals surface area contributed by atoms with Crippen LogP contribution in [0, 0.1) is 0 Å². The van der Waals surface area contributed by atoms with Gasteiger partial charge in [-0.15, -0.1) is 0 Å². The number of unbranched alkanes of at least 4 members (excludes halogenated alkanes) is 14. The highest BCUT2D eigenvalue weighted by molar-refractivity contribution is 4.73. The van der Waals surface area contributed by atoms with Crippen LogP contribution in [0.15, 0.2) is 0 Å². The van der Waals surface area contributed by atoms with E-state index in [2.05, 4.69) is 35.8 Å². The molecular formula is C29H61N3O2. The Labute approximate surface area is 213 Å². The van der Waals surface area contributed by atoms with Crippen LogP contribution in [-0.4, -0.2) is 83.7 Å². The highest BCUT2D eigenvalue weighted by Crippen LogP contribution is 2.15. The van der Waals surface area contributed by atoms with Crippen LogP contribution in [-0.2, 0) is 0 Å². The summed E-state index contributed by atoms with van der Waals surface area (Å²) in [4.78, 5) is 2.36. The van der Waals surface area contributed by atoms with Gasteiger partial charge in [0, 0.05) is 39.3 Å². The van der Waals surface area contributed by atoms with E-state index in [4.69, 9.17) is 0 Å². The van der Waals surface area contributed by atoms with Gasteiger partial charge >= 0.3 is 0 Å². The van der Waals surface area contributed by atoms with Crippen LogP contribution in [0.4, 0.5) is 0 Å². The summed E-state index contributed by atoms with van der Waals surface area (Å²) in [5, 5.41) is 26.2. The zero-order valence-electron chi connectivity index (χ0n) is 23.4. The first-order valence-corrected chi connectivity index (χ1v) is 15.1. The van der Waals surface area contributed by atoms with Crippen molar-refractivity contribution in [2.45, 2.75) is 142 Å². The molecule has 0 aliphatic carbocycles. The minimum absolute atomic E-state index is 0.296. The SMILES string of the molecule is CCCCCCCCCCC(O)CN(CC(O)CCCCCCCCCC)N1CCN(C)CC1. The maximum atomic E-state index is 10.8. The minimum Gasteiger partial charge on any atom is -0.392 e. The molecule has 0 aromatic carbocycles. The standard InChI is InChI=1S/C29H61N3O2/c1-4-6-8-10-12-14-16-18-20-28(33)26-32(31-24-22-30(3)23-25-31)27-29(34)21-19-17-15-13-11-9-7-5-2/h28-29,33-34H,4-27H2,1-3H3. The summed E-state index contributed by atoms with van der Waals surface area (Å²) in [7, 11) is 2.18. The van der Waals surface area contributed by atoms with Gasteiger partial charge in [0.15, 0.2) is 0 Å². The molecule has 0 spiro atoms. The summed E-state index contributed by atoms with van der Waals surface area (Å²) in [6.45, 7) is 9.95. The van der Waals surface area contributed by atoms with Crippen molar-refractivity contribution in [3.8, 4) is 0 Å². The Bertz CT molecular complexity index is 402. The molecule has 2 atom stereocenters. The summed E-state index contributed by atoms with van der Waals surface area (Å²) in [6.07, 6.45) is 22.0. The molecule has 0 aromatic heterocycles. The molecule has 0 bridgehead atoms. The first kappa shape index (κ1) is 31.8. The number of aliphatic hydroxyl groups excluding tert-OH is 2. The number of nitrogens with zero attached hydrogens (tertiary/aromatic N) is 3. The van der Waals surface area contributed by atoms with Crippen LogP contribution < -0.4 is 0 Å². The Morgan fingerprint density at radius 2 is 0.912 bits per heavy atom. The van der Waals surface area contributed by atoms with Gasteiger partial charge in [-0.3, -0.25) is 0 Å². The predicted octanol–water partition coefficient (Wildman–Crippen LogP) is 6.23. The molecular weight excluding hydrogens is 422 g/mol. The normalized spacial score (nSPS) is 17.5. The van der Waals surface area contributed by atoms with E-state index in [1.807, 2.05) is 0 Å². The third-order valence-electron chi connectivity index (χ3n) is 7.50. The highest BCUT2D eigenvalue weighted by Gasteiger charge is 2.24. The second-order valence-electron chi connectivity index (χ2n) is 11.0. The van der Waals surface area contributed by atoms with Gasteiger partial charge in [0.05, 0.1) is 12.2 Å². The zero-order valence-corrected chi connectivity index (χ0v) is 23.4. The summed E-state index contributed by atoms with van der Waals surface area (Å²) in [6, 6.07) is 0. The molecule has 1 rings (SSSR count). The molecule has 1 heterocycles. The topological polar surface area (TPSA) is 50.2 Å². The fourth-order valence-electron chi connectivity index (χ4n) is 5.08. The Morgan fingerprint density at radius 3 is 1.29 bits per heavy atom. The second kappa shape index (κ2) is 22.0. The van der Waals surface area contributed by atoms with Crippen molar-refractivity contribution in [1.29, 1.82) is 0 Å². The van der Waals surface area contributed by atoms with E-state index in [0.717, 1.165) is 51.9 Å². The van der Waals surface area contributed by atoms with Crippen molar-refractivity contribution >= 4 is 0 Å². The van der Waals surface area contributed by atoms with E-state index in [-0.39, 0.29) is 12.2 Å². The van der Waals surface area contributed by atoms with Crippen LogP contribution >= 0.6 is 0 Å². The molecule has 1 aliphatic rings. The van der Waals surface area contributed by atoms with Crippen molar-refractivity contribution in [3.63, 3.8) is 0 Å². The molecule has 5 heteroatoms. The van der Waals surface area contributed by atoms with Gasteiger partial charge in [0.25, 0.3) is 0 Å². The lowest BCUT2D eigenvalue weighted by molar-refractivity contribution is -0.0954. The molecule has 2 unspecified atom stereocenters. The maximum Gasteiger partial charge on any atom is 0.0681 e. The quantitative estimate of drug-likeness (QED) is 0.169. The first-order chi connectivity index (χ1) is 16.6. The lowest BCUT2D eigenvalue weighted by atomic mass is 10.0. The summed E-state index contributed by atoms with van der Waals surface area (Å²) in [5.74, 6) is 0. The molecule has 0 aromatic rings. The number of aliphatic hydroxyl groups is 2. The Balaban J connectivity index is 2.29. The van der Waals surface area contributed by atoms with Crippen LogP contribution in [0.25, 0.3) is 0 Å². The number of hydrogen-bond acceptors (Lipinski definition) is 5. The van der Waals surface area contributed by atoms with Crippen LogP contribution in [0.2, 0.25) is 0 Å². The fraction of sp³-hybridized carbons (Fsp3) is 1.00. The third-order valence-corrected chi connectivity index (χ3v) is 7.50. The smallest absolute Gasteiger partial charge is 0.0681 e. The van der Waals surface area contributed by atoms with Crippen LogP contribution in [0.5, 0.6) is 0 Å². The van der Waals surface area contributed by atoms with Gasteiger partial charge in [0.2, 0.25) is 0 Å². The van der Waals surface area contributed by atoms with Gasteiger partial charge in [-0.05, 0) is 19.9 Å². The minimum atomic E-state index is -0.296. The van der Waals surface area contributed by atoms with Crippen molar-refractivity contribution in [2.75, 3.05) is 46.3 Å². The molecule has 1 aliphatic heterocycles. The highest BCUT2D eigenvalue weighted by atomic mass is 16.3. The molecule has 0 radical (unpaired) electrons. The second-order valence-corrected chi connectivity index (χ2v) is 11.0. The van der Waals surface area contributed by atoms with Gasteiger partial charge < -0.3 is 15.1 Å². The summed E-state index contributed by atoms with van der Waals surface area (Å²) >= 11 is 0. The van der Waals surface area contributed by atoms with Crippen molar-refractivity contribution < 1.29 is 10.2 Å². The molecule has 204 valence electrons. The number of hydrazine groups is 1. The number of piperazine rings is 1. The summed E-state index contributed by atoms with van der Waals surface area (Å²) in [5.41, 5.74) is 0. The monoisotopic (exact) mass is 483 g/mol. The van der Waals surface area contributed by atoms with Gasteiger partial charge in [-0.2, -0.15) is 0 Å². The van der Waals surface area contributed by atoms with Gasteiger partial charge in [-0.25, -0.2) is 10.0 Å². The molecule has 1 fully saturated rings. The van der Waals surface area contributed by atoms with E-state index < -0.39 is 0 Å². The molecule has 0 saturated carbocycles. The van der Waals surface area contributed by atoms with Crippen LogP contribution in [0.1, 0.15) is 129 Å². The van der Waals surface area contributed by atoms with E-state index >= 15 is 0 Å². The van der Waals surface area contributed by atoms with Crippen molar-refractivity contribution in [3.05, 3.63) is 0 Å². The largest absolute Gasteiger partial charge is 0.392 e. The van der Waals surface area contributed by atoms with Crippen molar-refractivity contribution in [2.24, 2.45) is 0 Å². The maximum absolute atomic E-state index is 10.8. The summed E-state index contributed by atoms with van der Waals surface area (Å²) < 4.78 is 0. The Kier molecular flexibility index (Phi) is 20.6. The lowest BCUT2D eigenvalue weighted by Crippen LogP contribution is -2.56. The fourth-order valence-corrected chi connectivity index (χ4v) is 5.08. The first-order valence-electron chi connectivity index (χ1n) is 15.1. The zero-order chi connectivity index (χ0) is 24.9. The number of hydrogen-bond donors (Lipinski definition) is 2. The van der Waals surface area contributed by atoms with E-state index in [1.54, 1.807) is 0 Å². The number of likely N-dealkylation sites (N-methyl/N-ethyl adjacent to an activating group) is 1. The Hall–Kier alpha value is -0.200. The average molecular weight is 484 g/mol. The van der Waals surface area contributed by atoms with Crippen molar-refractivity contribution in [1.82, 2.24) is 14.9 Å². The van der Waals surface area contributed by atoms with Crippen LogP contribution in [0.3, 0.4) is 0 Å². The van der Waals surface area contributed by atoms with E-state index in [9.17, 15) is 10.2 Å². The Morgan fingerprint density at radius 1 is 0.559 bits per heavy atom. The average Bonchev–Trinajstić information content (AvgIpc) is 2.82. The van der Waals surface area contributed by atoms with E-state index in [0.29, 0.717) is 13.1 Å². The third kappa shape index (κ3) is 17.3. The predicted molar refractivity (Wildman–Crippen MR) is 147 cm³/mol. The molecule has 34 heavy (non-hydrogen) atoms. The lowest BCUT2D eigenvalue weighted by Gasteiger charge is -2.41. The molecule has 0 amide bonds.